The van der Waals surface area contributed by atoms with Crippen molar-refractivity contribution in [3.05, 3.63) is 89.5 Å². The molecule has 2 heterocycles. The molecular formula is C38H50FN7O6. The number of unbranched alkanes of at least 4 members (excludes halogenated alkanes) is 2. The number of amides is 1. The van der Waals surface area contributed by atoms with E-state index in [1.807, 2.05) is 13.1 Å². The smallest absolute Gasteiger partial charge is 0.331 e. The summed E-state index contributed by atoms with van der Waals surface area (Å²) in [4.78, 5) is 34.9. The monoisotopic (exact) mass is 719 g/mol. The molecule has 0 radical (unpaired) electrons. The van der Waals surface area contributed by atoms with Crippen molar-refractivity contribution >= 4 is 29.2 Å². The van der Waals surface area contributed by atoms with Crippen LogP contribution >= 0.6 is 0 Å². The average Bonchev–Trinajstić information content (AvgIpc) is 3.16. The van der Waals surface area contributed by atoms with Crippen LogP contribution in [0.4, 0.5) is 10.1 Å². The molecule has 0 aliphatic carbocycles. The van der Waals surface area contributed by atoms with Crippen molar-refractivity contribution in [1.29, 1.82) is 5.41 Å². The van der Waals surface area contributed by atoms with Gasteiger partial charge in [0.15, 0.2) is 5.84 Å². The van der Waals surface area contributed by atoms with Gasteiger partial charge in [-0.25, -0.2) is 14.2 Å². The number of amidine groups is 2. The lowest BCUT2D eigenvalue weighted by atomic mass is 9.85. The van der Waals surface area contributed by atoms with E-state index in [0.717, 1.165) is 32.4 Å². The van der Waals surface area contributed by atoms with Crippen LogP contribution in [0.25, 0.3) is 0 Å². The highest BCUT2D eigenvalue weighted by molar-refractivity contribution is 6.07. The van der Waals surface area contributed by atoms with Crippen molar-refractivity contribution in [1.82, 2.24) is 15.2 Å². The number of methoxy groups -OCH3 is 1. The van der Waals surface area contributed by atoms with Crippen molar-refractivity contribution < 1.29 is 32.9 Å². The first-order valence-electron chi connectivity index (χ1n) is 17.5. The Bertz CT molecular complexity index is 1630. The number of benzene rings is 2. The molecule has 1 aromatic heterocycles. The zero-order chi connectivity index (χ0) is 37.2. The maximum Gasteiger partial charge on any atom is 0.331 e. The van der Waals surface area contributed by atoms with Crippen LogP contribution in [0, 0.1) is 11.2 Å². The summed E-state index contributed by atoms with van der Waals surface area (Å²) in [6.45, 7) is 3.56. The van der Waals surface area contributed by atoms with Gasteiger partial charge in [0.2, 0.25) is 0 Å². The maximum atomic E-state index is 14.7. The summed E-state index contributed by atoms with van der Waals surface area (Å²) in [6.07, 6.45) is 7.81. The second kappa shape index (κ2) is 20.8. The molecule has 5 N–H and O–H groups in total. The number of aromatic nitrogens is 1. The number of nitrogens with zero attached hydrogens (tertiary/aromatic N) is 3. The van der Waals surface area contributed by atoms with Crippen LogP contribution in [-0.4, -0.2) is 99.3 Å². The number of nitrogens with one attached hydrogen (secondary N) is 3. The fraction of sp³-hybridized carbons (Fsp3) is 0.447. The molecule has 13 nitrogen and oxygen atoms in total. The van der Waals surface area contributed by atoms with Crippen LogP contribution in [0.5, 0.6) is 5.75 Å². The van der Waals surface area contributed by atoms with Gasteiger partial charge in [-0.2, -0.15) is 0 Å². The van der Waals surface area contributed by atoms with Crippen LogP contribution in [0.2, 0.25) is 0 Å². The first-order chi connectivity index (χ1) is 25.2. The van der Waals surface area contributed by atoms with Gasteiger partial charge in [-0.3, -0.25) is 15.2 Å². The van der Waals surface area contributed by atoms with Gasteiger partial charge in [0.05, 0.1) is 19.3 Å². The van der Waals surface area contributed by atoms with E-state index in [1.54, 1.807) is 54.9 Å². The molecule has 0 spiro atoms. The van der Waals surface area contributed by atoms with E-state index in [9.17, 15) is 14.0 Å². The molecule has 3 aromatic rings. The highest BCUT2D eigenvalue weighted by atomic mass is 19.1. The highest BCUT2D eigenvalue weighted by Crippen LogP contribution is 2.28. The number of piperidine rings is 1. The van der Waals surface area contributed by atoms with E-state index in [1.165, 1.54) is 13.2 Å². The van der Waals surface area contributed by atoms with E-state index in [4.69, 9.17) is 25.4 Å². The molecule has 2 aromatic carbocycles. The summed E-state index contributed by atoms with van der Waals surface area (Å²) in [5.74, 6) is -0.316. The van der Waals surface area contributed by atoms with Gasteiger partial charge in [-0.15, -0.1) is 0 Å². The molecule has 1 saturated heterocycles. The minimum absolute atomic E-state index is 0.0163. The normalized spacial score (nSPS) is 14.4. The van der Waals surface area contributed by atoms with Crippen molar-refractivity contribution in [3.8, 4) is 5.75 Å². The summed E-state index contributed by atoms with van der Waals surface area (Å²) in [5, 5.41) is 14.8. The predicted octanol–water partition coefficient (Wildman–Crippen LogP) is 4.56. The predicted molar refractivity (Wildman–Crippen MR) is 197 cm³/mol. The molecule has 14 heteroatoms. The summed E-state index contributed by atoms with van der Waals surface area (Å²) < 4.78 is 35.8. The second-order valence-electron chi connectivity index (χ2n) is 12.6. The first-order valence-corrected chi connectivity index (χ1v) is 17.5. The molecular weight excluding hydrogens is 669 g/mol. The number of anilines is 1. The SMILES string of the molecule is COC(=O)COCCCOCCCCCOc1ccc(F)c(CNC(=O)c2cccc(NC3(C(N)=NC(=N)c4ccncc4)CCN(C)CC3)c2)c1. The van der Waals surface area contributed by atoms with Crippen molar-refractivity contribution in [3.63, 3.8) is 0 Å². The van der Waals surface area contributed by atoms with E-state index in [0.29, 0.717) is 79.7 Å². The van der Waals surface area contributed by atoms with E-state index in [-0.39, 0.29) is 24.9 Å². The van der Waals surface area contributed by atoms with Crippen LogP contribution in [0.15, 0.2) is 72.0 Å². The Hall–Kier alpha value is -4.92. The molecule has 1 aliphatic heterocycles. The number of rotatable bonds is 20. The van der Waals surface area contributed by atoms with Crippen molar-refractivity contribution in [2.75, 3.05) is 65.6 Å². The van der Waals surface area contributed by atoms with Crippen LogP contribution in [0.3, 0.4) is 0 Å². The van der Waals surface area contributed by atoms with Gasteiger partial charge in [0, 0.05) is 74.2 Å². The topological polar surface area (TPSA) is 173 Å². The number of aliphatic imine (C=N–C) groups is 1. The molecule has 4 rings (SSSR count). The van der Waals surface area contributed by atoms with Gasteiger partial charge >= 0.3 is 5.97 Å². The molecule has 280 valence electrons. The van der Waals surface area contributed by atoms with Crippen molar-refractivity contribution in [2.24, 2.45) is 10.7 Å². The minimum Gasteiger partial charge on any atom is -0.494 e. The summed E-state index contributed by atoms with van der Waals surface area (Å²) in [7, 11) is 3.37. The quantitative estimate of drug-likeness (QED) is 0.0562. The number of hydrogen-bond acceptors (Lipinski definition) is 10. The lowest BCUT2D eigenvalue weighted by Gasteiger charge is -2.41. The van der Waals surface area contributed by atoms with E-state index in [2.05, 4.69) is 30.2 Å². The van der Waals surface area contributed by atoms with Crippen LogP contribution < -0.4 is 21.1 Å². The number of pyridine rings is 1. The van der Waals surface area contributed by atoms with Crippen LogP contribution in [-0.2, 0) is 25.5 Å². The lowest BCUT2D eigenvalue weighted by Crippen LogP contribution is -2.56. The number of carbonyl (C=O) groups is 2. The Morgan fingerprint density at radius 2 is 1.69 bits per heavy atom. The van der Waals surface area contributed by atoms with E-state index < -0.39 is 17.3 Å². The number of ether oxygens (including phenoxy) is 4. The third-order valence-electron chi connectivity index (χ3n) is 8.71. The first kappa shape index (κ1) is 39.9. The van der Waals surface area contributed by atoms with E-state index >= 15 is 0 Å². The maximum absolute atomic E-state index is 14.7. The van der Waals surface area contributed by atoms with Gasteiger partial charge in [-0.05, 0) is 94.1 Å². The standard InChI is InChI=1S/C38H50FN7O6/c1-46-18-14-38(15-19-46,37(41)44-35(40)28-12-16-42-17-13-28)45-31-9-6-8-29(24-31)36(48)43-26-30-25-32(10-11-33(30)39)52-23-5-3-4-20-50-21-7-22-51-27-34(47)49-2/h6,8-13,16-17,24-25,45H,3-5,7,14-15,18-23,26-27H2,1-2H3,(H,43,48)(H3,40,41,44). The number of hydrogen-bond donors (Lipinski definition) is 4. The highest BCUT2D eigenvalue weighted by Gasteiger charge is 2.38. The fourth-order valence-electron chi connectivity index (χ4n) is 5.57. The molecule has 0 bridgehead atoms. The Balaban J connectivity index is 1.24. The number of halogens is 1. The molecule has 1 fully saturated rings. The van der Waals surface area contributed by atoms with Gasteiger partial charge < -0.3 is 40.2 Å². The largest absolute Gasteiger partial charge is 0.494 e. The molecule has 0 unspecified atom stereocenters. The number of carbonyl (C=O) groups excluding carboxylic acids is 2. The average molecular weight is 720 g/mol. The number of esters is 1. The Kier molecular flexibility index (Phi) is 16.0. The summed E-state index contributed by atoms with van der Waals surface area (Å²) in [5.41, 5.74) is 7.90. The second-order valence-corrected chi connectivity index (χ2v) is 12.6. The zero-order valence-electron chi connectivity index (χ0n) is 30.0. The minimum atomic E-state index is -0.720. The van der Waals surface area contributed by atoms with Gasteiger partial charge in [0.1, 0.15) is 24.0 Å². The lowest BCUT2D eigenvalue weighted by molar-refractivity contribution is -0.146. The Morgan fingerprint density at radius 1 is 0.962 bits per heavy atom. The molecule has 0 atom stereocenters. The molecule has 0 saturated carbocycles. The Morgan fingerprint density at radius 3 is 2.46 bits per heavy atom. The third-order valence-corrected chi connectivity index (χ3v) is 8.71. The number of likely N-dealkylation sites (tertiary alicyclic amines) is 1. The molecule has 1 amide bonds. The molecule has 52 heavy (non-hydrogen) atoms. The Labute approximate surface area is 304 Å². The number of nitrogens with two attached hydrogens (primary N) is 1. The van der Waals surface area contributed by atoms with Gasteiger partial charge in [0.25, 0.3) is 5.91 Å². The van der Waals surface area contributed by atoms with Gasteiger partial charge in [-0.1, -0.05) is 6.07 Å². The zero-order valence-corrected chi connectivity index (χ0v) is 30.0. The van der Waals surface area contributed by atoms with Crippen LogP contribution in [0.1, 0.15) is 60.0 Å². The summed E-state index contributed by atoms with van der Waals surface area (Å²) >= 11 is 0. The summed E-state index contributed by atoms with van der Waals surface area (Å²) in [6, 6.07) is 15.0. The molecule has 1 aliphatic rings. The third kappa shape index (κ3) is 12.7. The van der Waals surface area contributed by atoms with Crippen molar-refractivity contribution in [2.45, 2.75) is 50.6 Å². The fourth-order valence-corrected chi connectivity index (χ4v) is 5.57.